The quantitative estimate of drug-likeness (QED) is 0.834. The summed E-state index contributed by atoms with van der Waals surface area (Å²) in [6.45, 7) is 3.74. The lowest BCUT2D eigenvalue weighted by Gasteiger charge is -2.20. The Morgan fingerprint density at radius 3 is 2.54 bits per heavy atom. The second-order valence-corrected chi connectivity index (χ2v) is 9.44. The molecule has 2 aromatic carbocycles. The molecule has 1 amide bonds. The highest BCUT2D eigenvalue weighted by Gasteiger charge is 2.47. The summed E-state index contributed by atoms with van der Waals surface area (Å²) < 4.78 is 33.2. The van der Waals surface area contributed by atoms with Gasteiger partial charge in [-0.2, -0.15) is 4.31 Å². The van der Waals surface area contributed by atoms with E-state index in [-0.39, 0.29) is 23.8 Å². The first kappa shape index (κ1) is 19.1. The molecule has 0 spiro atoms. The zero-order valence-corrected chi connectivity index (χ0v) is 16.6. The molecule has 0 unspecified atom stereocenters. The Balaban J connectivity index is 1.40. The molecule has 2 aliphatic rings. The van der Waals surface area contributed by atoms with Crippen LogP contribution in [-0.2, 0) is 14.8 Å². The molecule has 0 aliphatic carbocycles. The lowest BCUT2D eigenvalue weighted by molar-refractivity contribution is 0.0932. The average Bonchev–Trinajstić information content (AvgIpc) is 3.29. The summed E-state index contributed by atoms with van der Waals surface area (Å²) in [6.07, 6.45) is -0.112. The van der Waals surface area contributed by atoms with E-state index in [0.29, 0.717) is 36.7 Å². The van der Waals surface area contributed by atoms with Crippen LogP contribution in [0.15, 0.2) is 59.5 Å². The van der Waals surface area contributed by atoms with Crippen molar-refractivity contribution in [3.05, 3.63) is 65.7 Å². The summed E-state index contributed by atoms with van der Waals surface area (Å²) in [5.41, 5.74) is 1.64. The molecule has 28 heavy (non-hydrogen) atoms. The number of sulfonamides is 1. The monoisotopic (exact) mass is 400 g/mol. The van der Waals surface area contributed by atoms with Gasteiger partial charge in [0.1, 0.15) is 0 Å². The summed E-state index contributed by atoms with van der Waals surface area (Å²) >= 11 is 0. The maximum absolute atomic E-state index is 12.9. The zero-order valence-electron chi connectivity index (χ0n) is 15.7. The van der Waals surface area contributed by atoms with E-state index in [1.54, 1.807) is 24.3 Å². The molecule has 148 valence electrons. The van der Waals surface area contributed by atoms with Gasteiger partial charge < -0.3 is 10.1 Å². The first-order valence-corrected chi connectivity index (χ1v) is 10.9. The van der Waals surface area contributed by atoms with E-state index in [1.165, 1.54) is 4.31 Å². The molecule has 2 saturated heterocycles. The zero-order chi connectivity index (χ0) is 19.7. The topological polar surface area (TPSA) is 75.7 Å². The fourth-order valence-electron chi connectivity index (χ4n) is 3.94. The first-order chi connectivity index (χ1) is 13.4. The molecule has 1 N–H and O–H groups in total. The van der Waals surface area contributed by atoms with Crippen molar-refractivity contribution in [2.75, 3.05) is 26.2 Å². The lowest BCUT2D eigenvalue weighted by atomic mass is 9.93. The first-order valence-electron chi connectivity index (χ1n) is 9.47. The molecule has 0 bridgehead atoms. The number of amides is 1. The van der Waals surface area contributed by atoms with Crippen molar-refractivity contribution in [2.24, 2.45) is 11.8 Å². The minimum atomic E-state index is -3.53. The molecule has 0 saturated carbocycles. The molecule has 2 aliphatic heterocycles. The third-order valence-electron chi connectivity index (χ3n) is 5.62. The number of fused-ring (bicyclic) bond motifs is 1. The molecule has 4 rings (SSSR count). The Labute approximate surface area is 165 Å². The average molecular weight is 401 g/mol. The third-order valence-corrected chi connectivity index (χ3v) is 7.47. The van der Waals surface area contributed by atoms with E-state index in [1.807, 2.05) is 37.3 Å². The Hall–Kier alpha value is -2.22. The number of aryl methyl sites for hydroxylation is 1. The fourth-order valence-corrected chi connectivity index (χ4v) is 5.43. The van der Waals surface area contributed by atoms with Crippen LogP contribution in [0.3, 0.4) is 0 Å². The summed E-state index contributed by atoms with van der Waals surface area (Å²) in [6, 6.07) is 16.0. The van der Waals surface area contributed by atoms with E-state index < -0.39 is 10.0 Å². The van der Waals surface area contributed by atoms with Crippen LogP contribution < -0.4 is 5.32 Å². The molecule has 2 fully saturated rings. The van der Waals surface area contributed by atoms with Crippen LogP contribution >= 0.6 is 0 Å². The van der Waals surface area contributed by atoms with Crippen molar-refractivity contribution < 1.29 is 17.9 Å². The van der Waals surface area contributed by atoms with Crippen LogP contribution in [0.5, 0.6) is 0 Å². The van der Waals surface area contributed by atoms with Gasteiger partial charge >= 0.3 is 0 Å². The molecule has 0 aromatic heterocycles. The summed E-state index contributed by atoms with van der Waals surface area (Å²) in [5.74, 6) is 0.0818. The Bertz CT molecular complexity index is 944. The Kier molecular flexibility index (Phi) is 5.23. The van der Waals surface area contributed by atoms with Crippen molar-refractivity contribution in [2.45, 2.75) is 17.9 Å². The molecular weight excluding hydrogens is 376 g/mol. The number of ether oxygens (including phenoxy) is 1. The molecule has 2 aromatic rings. The fraction of sp³-hybridized carbons (Fsp3) is 0.381. The predicted molar refractivity (Wildman–Crippen MR) is 105 cm³/mol. The van der Waals surface area contributed by atoms with Gasteiger partial charge in [0.2, 0.25) is 10.0 Å². The van der Waals surface area contributed by atoms with Gasteiger partial charge in [-0.3, -0.25) is 4.79 Å². The predicted octanol–water partition coefficient (Wildman–Crippen LogP) is 2.06. The van der Waals surface area contributed by atoms with Gasteiger partial charge in [0.25, 0.3) is 5.91 Å². The van der Waals surface area contributed by atoms with Crippen LogP contribution in [0.25, 0.3) is 0 Å². The summed E-state index contributed by atoms with van der Waals surface area (Å²) in [5, 5.41) is 2.96. The lowest BCUT2D eigenvalue weighted by Crippen LogP contribution is -2.35. The number of carbonyl (C=O) groups excluding carboxylic acids is 1. The van der Waals surface area contributed by atoms with Gasteiger partial charge in [-0.25, -0.2) is 8.42 Å². The second kappa shape index (κ2) is 7.66. The van der Waals surface area contributed by atoms with Gasteiger partial charge in [0.15, 0.2) is 0 Å². The van der Waals surface area contributed by atoms with E-state index in [9.17, 15) is 13.2 Å². The van der Waals surface area contributed by atoms with E-state index in [0.717, 1.165) is 5.56 Å². The van der Waals surface area contributed by atoms with Crippen LogP contribution in [0.2, 0.25) is 0 Å². The largest absolute Gasteiger partial charge is 0.376 e. The van der Waals surface area contributed by atoms with E-state index in [2.05, 4.69) is 5.32 Å². The van der Waals surface area contributed by atoms with Crippen molar-refractivity contribution in [3.8, 4) is 0 Å². The van der Waals surface area contributed by atoms with Gasteiger partial charge in [-0.1, -0.05) is 35.9 Å². The van der Waals surface area contributed by atoms with Gasteiger partial charge in [-0.15, -0.1) is 0 Å². The molecular formula is C21H24N2O4S. The number of carbonyl (C=O) groups is 1. The van der Waals surface area contributed by atoms with E-state index >= 15 is 0 Å². The molecule has 6 nitrogen and oxygen atoms in total. The molecule has 2 heterocycles. The van der Waals surface area contributed by atoms with Crippen molar-refractivity contribution in [3.63, 3.8) is 0 Å². The van der Waals surface area contributed by atoms with Gasteiger partial charge in [0.05, 0.1) is 17.6 Å². The SMILES string of the molecule is Cc1ccc(S(=O)(=O)N2C[C@@H]3[C@@H](CNC(=O)c4ccccc4)CO[C@@H]3C2)cc1. The van der Waals surface area contributed by atoms with Crippen molar-refractivity contribution >= 4 is 15.9 Å². The standard InChI is InChI=1S/C21H24N2O4S/c1-15-7-9-18(10-8-15)28(25,26)23-12-19-17(14-27-20(19)13-23)11-22-21(24)16-5-3-2-4-6-16/h2-10,17,19-20H,11-14H2,1H3,(H,22,24)/t17-,19+,20+/m0/s1. The molecule has 7 heteroatoms. The van der Waals surface area contributed by atoms with E-state index in [4.69, 9.17) is 4.74 Å². The number of hydrogen-bond donors (Lipinski definition) is 1. The third kappa shape index (κ3) is 3.70. The number of nitrogens with one attached hydrogen (secondary N) is 1. The van der Waals surface area contributed by atoms with Gasteiger partial charge in [-0.05, 0) is 31.2 Å². The number of benzene rings is 2. The number of nitrogens with zero attached hydrogens (tertiary/aromatic N) is 1. The maximum Gasteiger partial charge on any atom is 0.251 e. The molecule has 0 radical (unpaired) electrons. The van der Waals surface area contributed by atoms with Crippen LogP contribution in [0.4, 0.5) is 0 Å². The van der Waals surface area contributed by atoms with Crippen molar-refractivity contribution in [1.82, 2.24) is 9.62 Å². The Morgan fingerprint density at radius 1 is 1.11 bits per heavy atom. The normalized spacial score (nSPS) is 24.8. The summed E-state index contributed by atoms with van der Waals surface area (Å²) in [7, 11) is -3.53. The highest BCUT2D eigenvalue weighted by Crippen LogP contribution is 2.36. The Morgan fingerprint density at radius 2 is 1.82 bits per heavy atom. The van der Waals surface area contributed by atoms with Crippen molar-refractivity contribution in [1.29, 1.82) is 0 Å². The minimum absolute atomic E-state index is 0.0938. The minimum Gasteiger partial charge on any atom is -0.376 e. The highest BCUT2D eigenvalue weighted by atomic mass is 32.2. The van der Waals surface area contributed by atoms with Gasteiger partial charge in [0, 0.05) is 37.0 Å². The number of hydrogen-bond acceptors (Lipinski definition) is 4. The maximum atomic E-state index is 12.9. The van der Waals surface area contributed by atoms with Crippen LogP contribution in [0, 0.1) is 18.8 Å². The number of rotatable bonds is 5. The second-order valence-electron chi connectivity index (χ2n) is 7.51. The summed E-state index contributed by atoms with van der Waals surface area (Å²) in [4.78, 5) is 12.6. The van der Waals surface area contributed by atoms with Crippen LogP contribution in [-0.4, -0.2) is 51.0 Å². The highest BCUT2D eigenvalue weighted by molar-refractivity contribution is 7.89. The smallest absolute Gasteiger partial charge is 0.251 e. The van der Waals surface area contributed by atoms with Crippen LogP contribution in [0.1, 0.15) is 15.9 Å². The molecule has 3 atom stereocenters.